The van der Waals surface area contributed by atoms with Crippen LogP contribution in [0.5, 0.6) is 5.75 Å². The van der Waals surface area contributed by atoms with Gasteiger partial charge in [0.1, 0.15) is 18.4 Å². The van der Waals surface area contributed by atoms with Gasteiger partial charge in [0.25, 0.3) is 0 Å². The lowest BCUT2D eigenvalue weighted by molar-refractivity contribution is -0.139. The number of benzene rings is 1. The quantitative estimate of drug-likeness (QED) is 0.619. The number of para-hydroxylation sites is 1. The second-order valence-electron chi connectivity index (χ2n) is 5.68. The number of hydrogen-bond acceptors (Lipinski definition) is 5. The Morgan fingerprint density at radius 1 is 1.14 bits per heavy atom. The Morgan fingerprint density at radius 2 is 1.64 bits per heavy atom. The number of carbonyl (C=O) groups excluding carboxylic acids is 1. The van der Waals surface area contributed by atoms with Gasteiger partial charge in [0.15, 0.2) is 0 Å². The van der Waals surface area contributed by atoms with Crippen LogP contribution in [0, 0.1) is 0 Å². The zero-order valence-corrected chi connectivity index (χ0v) is 13.3. The van der Waals surface area contributed by atoms with Crippen molar-refractivity contribution < 1.29 is 24.2 Å². The van der Waals surface area contributed by atoms with Crippen molar-refractivity contribution in [3.63, 3.8) is 0 Å². The van der Waals surface area contributed by atoms with Crippen molar-refractivity contribution >= 4 is 12.1 Å². The largest absolute Gasteiger partial charge is 0.513 e. The van der Waals surface area contributed by atoms with Gasteiger partial charge < -0.3 is 20.3 Å². The van der Waals surface area contributed by atoms with Crippen LogP contribution in [0.3, 0.4) is 0 Å². The van der Waals surface area contributed by atoms with Crippen LogP contribution in [0.1, 0.15) is 50.7 Å². The van der Waals surface area contributed by atoms with Gasteiger partial charge in [0, 0.05) is 0 Å². The number of ether oxygens (including phenoxy) is 2. The second-order valence-corrected chi connectivity index (χ2v) is 5.68. The summed E-state index contributed by atoms with van der Waals surface area (Å²) in [6, 6.07) is 4.44. The predicted octanol–water partition coefficient (Wildman–Crippen LogP) is 2.86. The molecule has 1 atom stereocenters. The number of aliphatic carboxylic acids is 1. The van der Waals surface area contributed by atoms with E-state index in [1.807, 2.05) is 45.9 Å². The van der Waals surface area contributed by atoms with Gasteiger partial charge >= 0.3 is 12.1 Å². The Bertz CT molecular complexity index is 513. The molecule has 0 saturated heterocycles. The van der Waals surface area contributed by atoms with Gasteiger partial charge in [-0.05, 0) is 23.0 Å². The first-order chi connectivity index (χ1) is 10.2. The van der Waals surface area contributed by atoms with Crippen LogP contribution >= 0.6 is 0 Å². The summed E-state index contributed by atoms with van der Waals surface area (Å²) in [5.41, 5.74) is 7.07. The van der Waals surface area contributed by atoms with E-state index in [2.05, 4.69) is 0 Å². The molecule has 0 heterocycles. The number of carbonyl (C=O) groups is 2. The summed E-state index contributed by atoms with van der Waals surface area (Å²) in [6.45, 7) is 7.56. The number of nitrogens with two attached hydrogens (primary N) is 1. The van der Waals surface area contributed by atoms with E-state index in [4.69, 9.17) is 20.3 Å². The molecule has 1 aromatic carbocycles. The van der Waals surface area contributed by atoms with Crippen molar-refractivity contribution in [1.29, 1.82) is 0 Å². The Morgan fingerprint density at radius 3 is 2.05 bits per heavy atom. The number of carboxylic acids is 1. The topological polar surface area (TPSA) is 98.9 Å². The molecule has 1 aromatic rings. The van der Waals surface area contributed by atoms with Crippen molar-refractivity contribution in [2.45, 2.75) is 45.6 Å². The van der Waals surface area contributed by atoms with E-state index < -0.39 is 24.8 Å². The average molecular weight is 309 g/mol. The molecule has 0 spiro atoms. The van der Waals surface area contributed by atoms with Crippen molar-refractivity contribution in [3.8, 4) is 5.75 Å². The minimum absolute atomic E-state index is 0.169. The van der Waals surface area contributed by atoms with E-state index in [9.17, 15) is 9.59 Å². The minimum Gasteiger partial charge on any atom is -0.480 e. The molecule has 0 fully saturated rings. The first-order valence-corrected chi connectivity index (χ1v) is 7.19. The van der Waals surface area contributed by atoms with Crippen LogP contribution in [-0.4, -0.2) is 29.9 Å². The van der Waals surface area contributed by atoms with E-state index >= 15 is 0 Å². The Balaban J connectivity index is 2.91. The molecule has 0 radical (unpaired) electrons. The highest BCUT2D eigenvalue weighted by molar-refractivity contribution is 5.74. The van der Waals surface area contributed by atoms with Gasteiger partial charge in [-0.3, -0.25) is 4.79 Å². The lowest BCUT2D eigenvalue weighted by atomic mass is 9.94. The van der Waals surface area contributed by atoms with E-state index in [1.165, 1.54) is 0 Å². The molecule has 0 aromatic heterocycles. The third-order valence-corrected chi connectivity index (χ3v) is 3.20. The molecule has 0 aliphatic rings. The standard InChI is InChI=1S/C16H23NO5/c1-9(2)11-6-5-7-12(10(3)4)14(11)22-16(20)21-8-13(17)15(18)19/h5-7,9-10,13H,8,17H2,1-4H3,(H,18,19). The second kappa shape index (κ2) is 7.79. The minimum atomic E-state index is -1.27. The smallest absolute Gasteiger partial charge is 0.480 e. The monoisotopic (exact) mass is 309 g/mol. The third kappa shape index (κ3) is 4.73. The van der Waals surface area contributed by atoms with E-state index in [1.54, 1.807) is 0 Å². The summed E-state index contributed by atoms with van der Waals surface area (Å²) in [6.07, 6.45) is -0.952. The van der Waals surface area contributed by atoms with Gasteiger partial charge in [-0.15, -0.1) is 0 Å². The zero-order chi connectivity index (χ0) is 16.9. The van der Waals surface area contributed by atoms with Crippen LogP contribution in [0.2, 0.25) is 0 Å². The Hall–Kier alpha value is -2.08. The van der Waals surface area contributed by atoms with Crippen molar-refractivity contribution in [1.82, 2.24) is 0 Å². The molecule has 0 saturated carbocycles. The third-order valence-electron chi connectivity index (χ3n) is 3.20. The fraction of sp³-hybridized carbons (Fsp3) is 0.500. The highest BCUT2D eigenvalue weighted by Crippen LogP contribution is 2.34. The first kappa shape index (κ1) is 18.0. The number of carboxylic acid groups (broad SMARTS) is 1. The molecule has 0 amide bonds. The Labute approximate surface area is 130 Å². The predicted molar refractivity (Wildman–Crippen MR) is 82.2 cm³/mol. The summed E-state index contributed by atoms with van der Waals surface area (Å²) in [5.74, 6) is -0.426. The molecule has 6 heteroatoms. The SMILES string of the molecule is CC(C)c1cccc(C(C)C)c1OC(=O)OCC(N)C(=O)O. The lowest BCUT2D eigenvalue weighted by Gasteiger charge is -2.18. The normalized spacial score (nSPS) is 12.3. The average Bonchev–Trinajstić information content (AvgIpc) is 2.44. The van der Waals surface area contributed by atoms with Gasteiger partial charge in [0.2, 0.25) is 0 Å². The van der Waals surface area contributed by atoms with Gasteiger partial charge in [-0.2, -0.15) is 0 Å². The van der Waals surface area contributed by atoms with E-state index in [-0.39, 0.29) is 11.8 Å². The van der Waals surface area contributed by atoms with Crippen LogP contribution in [0.25, 0.3) is 0 Å². The Kier molecular flexibility index (Phi) is 6.37. The molecular formula is C16H23NO5. The van der Waals surface area contributed by atoms with E-state index in [0.717, 1.165) is 11.1 Å². The van der Waals surface area contributed by atoms with Crippen molar-refractivity contribution in [3.05, 3.63) is 29.3 Å². The van der Waals surface area contributed by atoms with Gasteiger partial charge in [0.05, 0.1) is 0 Å². The van der Waals surface area contributed by atoms with Crippen LogP contribution < -0.4 is 10.5 Å². The zero-order valence-electron chi connectivity index (χ0n) is 13.3. The highest BCUT2D eigenvalue weighted by Gasteiger charge is 2.20. The molecule has 22 heavy (non-hydrogen) atoms. The molecule has 122 valence electrons. The molecule has 3 N–H and O–H groups in total. The number of hydrogen-bond donors (Lipinski definition) is 2. The van der Waals surface area contributed by atoms with Gasteiger partial charge in [-0.25, -0.2) is 4.79 Å². The number of rotatable bonds is 6. The molecular weight excluding hydrogens is 286 g/mol. The first-order valence-electron chi connectivity index (χ1n) is 7.19. The van der Waals surface area contributed by atoms with Crippen LogP contribution in [0.15, 0.2) is 18.2 Å². The fourth-order valence-corrected chi connectivity index (χ4v) is 1.94. The molecule has 0 aliphatic heterocycles. The lowest BCUT2D eigenvalue weighted by Crippen LogP contribution is -2.36. The maximum atomic E-state index is 11.8. The molecule has 0 bridgehead atoms. The van der Waals surface area contributed by atoms with Gasteiger partial charge in [-0.1, -0.05) is 45.9 Å². The molecule has 1 rings (SSSR count). The molecule has 1 unspecified atom stereocenters. The van der Waals surface area contributed by atoms with Crippen LogP contribution in [0.4, 0.5) is 4.79 Å². The summed E-state index contributed by atoms with van der Waals surface area (Å²) >= 11 is 0. The molecule has 6 nitrogen and oxygen atoms in total. The highest BCUT2D eigenvalue weighted by atomic mass is 16.7. The van der Waals surface area contributed by atoms with Crippen LogP contribution in [-0.2, 0) is 9.53 Å². The van der Waals surface area contributed by atoms with E-state index in [0.29, 0.717) is 5.75 Å². The summed E-state index contributed by atoms with van der Waals surface area (Å²) in [4.78, 5) is 22.4. The maximum absolute atomic E-state index is 11.8. The van der Waals surface area contributed by atoms with Crippen molar-refractivity contribution in [2.75, 3.05) is 6.61 Å². The summed E-state index contributed by atoms with van der Waals surface area (Å²) in [7, 11) is 0. The summed E-state index contributed by atoms with van der Waals surface area (Å²) < 4.78 is 10.1. The maximum Gasteiger partial charge on any atom is 0.513 e. The molecule has 0 aliphatic carbocycles. The fourth-order valence-electron chi connectivity index (χ4n) is 1.94. The summed E-state index contributed by atoms with van der Waals surface area (Å²) in [5, 5.41) is 8.66. The van der Waals surface area contributed by atoms with Crippen molar-refractivity contribution in [2.24, 2.45) is 5.73 Å².